The van der Waals surface area contributed by atoms with E-state index in [4.69, 9.17) is 4.74 Å². The molecule has 0 aliphatic carbocycles. The molecule has 0 aromatic carbocycles. The van der Waals surface area contributed by atoms with E-state index >= 15 is 0 Å². The third-order valence-electron chi connectivity index (χ3n) is 1.24. The molecule has 3 nitrogen and oxygen atoms in total. The lowest BCUT2D eigenvalue weighted by Gasteiger charge is -2.05. The quantitative estimate of drug-likeness (QED) is 0.690. The monoisotopic (exact) mass is 170 g/mol. The second kappa shape index (κ2) is 4.11. The first-order valence-corrected chi connectivity index (χ1v) is 3.76. The minimum Gasteiger partial charge on any atom is -0.372 e. The first-order chi connectivity index (χ1) is 5.68. The molecular weight excluding hydrogens is 159 g/mol. The number of aromatic nitrogens is 2. The van der Waals surface area contributed by atoms with Gasteiger partial charge in [-0.2, -0.15) is 4.39 Å². The van der Waals surface area contributed by atoms with Gasteiger partial charge in [0, 0.05) is 0 Å². The van der Waals surface area contributed by atoms with Crippen molar-refractivity contribution in [3.05, 3.63) is 24.0 Å². The lowest BCUT2D eigenvalue weighted by Crippen LogP contribution is -2.04. The topological polar surface area (TPSA) is 35.0 Å². The van der Waals surface area contributed by atoms with E-state index in [0.717, 1.165) is 6.20 Å². The molecule has 0 aliphatic heterocycles. The van der Waals surface area contributed by atoms with E-state index in [9.17, 15) is 4.39 Å². The zero-order chi connectivity index (χ0) is 8.97. The van der Waals surface area contributed by atoms with E-state index in [1.54, 1.807) is 0 Å². The van der Waals surface area contributed by atoms with Crippen LogP contribution in [-0.2, 0) is 11.3 Å². The highest BCUT2D eigenvalue weighted by Crippen LogP contribution is 1.98. The zero-order valence-electron chi connectivity index (χ0n) is 7.12. The van der Waals surface area contributed by atoms with E-state index in [-0.39, 0.29) is 6.10 Å². The van der Waals surface area contributed by atoms with Crippen LogP contribution in [0.1, 0.15) is 19.5 Å². The number of rotatable bonds is 3. The van der Waals surface area contributed by atoms with Crippen LogP contribution in [0.25, 0.3) is 0 Å². The first-order valence-electron chi connectivity index (χ1n) is 3.76. The van der Waals surface area contributed by atoms with Crippen molar-refractivity contribution >= 4 is 0 Å². The van der Waals surface area contributed by atoms with Crippen LogP contribution in [0.2, 0.25) is 0 Å². The molecule has 0 atom stereocenters. The fraction of sp³-hybridized carbons (Fsp3) is 0.500. The van der Waals surface area contributed by atoms with Crippen LogP contribution in [0.4, 0.5) is 4.39 Å². The molecule has 12 heavy (non-hydrogen) atoms. The molecule has 0 radical (unpaired) electrons. The molecule has 0 saturated heterocycles. The summed E-state index contributed by atoms with van der Waals surface area (Å²) in [7, 11) is 0. The van der Waals surface area contributed by atoms with E-state index in [0.29, 0.717) is 12.3 Å². The van der Waals surface area contributed by atoms with Crippen molar-refractivity contribution in [1.29, 1.82) is 0 Å². The standard InChI is InChI=1S/C8H11FN2O/c1-6(2)12-5-7-3-11-8(9)4-10-7/h3-4,6H,5H2,1-2H3. The normalized spacial score (nSPS) is 10.7. The summed E-state index contributed by atoms with van der Waals surface area (Å²) in [5.41, 5.74) is 0.644. The minimum atomic E-state index is -0.566. The summed E-state index contributed by atoms with van der Waals surface area (Å²) in [6.07, 6.45) is 2.60. The number of halogens is 1. The Labute approximate surface area is 70.6 Å². The second-order valence-corrected chi connectivity index (χ2v) is 2.69. The Morgan fingerprint density at radius 3 is 2.67 bits per heavy atom. The van der Waals surface area contributed by atoms with Crippen molar-refractivity contribution in [2.24, 2.45) is 0 Å². The highest BCUT2D eigenvalue weighted by Gasteiger charge is 1.98. The van der Waals surface area contributed by atoms with Gasteiger partial charge >= 0.3 is 0 Å². The van der Waals surface area contributed by atoms with Crippen LogP contribution in [0.15, 0.2) is 12.4 Å². The molecule has 0 amide bonds. The highest BCUT2D eigenvalue weighted by atomic mass is 19.1. The highest BCUT2D eigenvalue weighted by molar-refractivity contribution is 4.93. The Balaban J connectivity index is 2.48. The molecule has 1 heterocycles. The summed E-state index contributed by atoms with van der Waals surface area (Å²) in [6, 6.07) is 0. The van der Waals surface area contributed by atoms with Crippen molar-refractivity contribution in [2.45, 2.75) is 26.6 Å². The van der Waals surface area contributed by atoms with Crippen molar-refractivity contribution < 1.29 is 9.13 Å². The SMILES string of the molecule is CC(C)OCc1cnc(F)cn1. The van der Waals surface area contributed by atoms with Gasteiger partial charge < -0.3 is 4.74 Å². The van der Waals surface area contributed by atoms with Crippen LogP contribution in [0.5, 0.6) is 0 Å². The summed E-state index contributed by atoms with van der Waals surface area (Å²) < 4.78 is 17.5. The van der Waals surface area contributed by atoms with Crippen molar-refractivity contribution in [1.82, 2.24) is 9.97 Å². The predicted octanol–water partition coefficient (Wildman–Crippen LogP) is 1.54. The van der Waals surface area contributed by atoms with Crippen LogP contribution in [0.3, 0.4) is 0 Å². The lowest BCUT2D eigenvalue weighted by molar-refractivity contribution is 0.0633. The molecule has 1 rings (SSSR count). The first kappa shape index (κ1) is 9.06. The average molecular weight is 170 g/mol. The Hall–Kier alpha value is -1.03. The van der Waals surface area contributed by atoms with Gasteiger partial charge in [-0.1, -0.05) is 0 Å². The molecule has 0 spiro atoms. The summed E-state index contributed by atoms with van der Waals surface area (Å²) in [5, 5.41) is 0. The summed E-state index contributed by atoms with van der Waals surface area (Å²) in [4.78, 5) is 7.24. The van der Waals surface area contributed by atoms with Gasteiger partial charge in [0.15, 0.2) is 0 Å². The van der Waals surface area contributed by atoms with Gasteiger partial charge in [-0.25, -0.2) is 4.98 Å². The van der Waals surface area contributed by atoms with Gasteiger partial charge in [0.1, 0.15) is 0 Å². The molecule has 0 bridgehead atoms. The molecule has 1 aromatic heterocycles. The van der Waals surface area contributed by atoms with Crippen molar-refractivity contribution in [3.8, 4) is 0 Å². The molecular formula is C8H11FN2O. The number of hydrogen-bond acceptors (Lipinski definition) is 3. The molecule has 1 aromatic rings. The summed E-state index contributed by atoms with van der Waals surface area (Å²) in [5.74, 6) is -0.566. The number of hydrogen-bond donors (Lipinski definition) is 0. The molecule has 0 N–H and O–H groups in total. The van der Waals surface area contributed by atoms with Gasteiger partial charge in [0.2, 0.25) is 5.95 Å². The molecule has 0 saturated carbocycles. The second-order valence-electron chi connectivity index (χ2n) is 2.69. The largest absolute Gasteiger partial charge is 0.372 e. The van der Waals surface area contributed by atoms with Crippen LogP contribution in [-0.4, -0.2) is 16.1 Å². The summed E-state index contributed by atoms with van der Waals surface area (Å²) >= 11 is 0. The van der Waals surface area contributed by atoms with Crippen LogP contribution in [0, 0.1) is 5.95 Å². The van der Waals surface area contributed by atoms with Gasteiger partial charge in [-0.3, -0.25) is 4.98 Å². The maximum atomic E-state index is 12.3. The number of nitrogens with zero attached hydrogens (tertiary/aromatic N) is 2. The Morgan fingerprint density at radius 2 is 2.17 bits per heavy atom. The van der Waals surface area contributed by atoms with Crippen molar-refractivity contribution in [2.75, 3.05) is 0 Å². The lowest BCUT2D eigenvalue weighted by atomic mass is 10.4. The van der Waals surface area contributed by atoms with Gasteiger partial charge in [0.25, 0.3) is 0 Å². The third kappa shape index (κ3) is 2.92. The smallest absolute Gasteiger partial charge is 0.231 e. The van der Waals surface area contributed by atoms with Gasteiger partial charge in [-0.15, -0.1) is 0 Å². The molecule has 0 fully saturated rings. The summed E-state index contributed by atoms with van der Waals surface area (Å²) in [6.45, 7) is 4.23. The fourth-order valence-corrected chi connectivity index (χ4v) is 0.666. The third-order valence-corrected chi connectivity index (χ3v) is 1.24. The van der Waals surface area contributed by atoms with Gasteiger partial charge in [-0.05, 0) is 13.8 Å². The van der Waals surface area contributed by atoms with E-state index in [1.165, 1.54) is 6.20 Å². The minimum absolute atomic E-state index is 0.150. The van der Waals surface area contributed by atoms with E-state index in [1.807, 2.05) is 13.8 Å². The van der Waals surface area contributed by atoms with Crippen molar-refractivity contribution in [3.63, 3.8) is 0 Å². The van der Waals surface area contributed by atoms with Crippen LogP contribution >= 0.6 is 0 Å². The van der Waals surface area contributed by atoms with Gasteiger partial charge in [0.05, 0.1) is 30.8 Å². The average Bonchev–Trinajstić information content (AvgIpc) is 2.03. The fourth-order valence-electron chi connectivity index (χ4n) is 0.666. The molecule has 0 unspecified atom stereocenters. The maximum Gasteiger partial charge on any atom is 0.231 e. The zero-order valence-corrected chi connectivity index (χ0v) is 7.12. The molecule has 66 valence electrons. The Morgan fingerprint density at radius 1 is 1.42 bits per heavy atom. The maximum absolute atomic E-state index is 12.3. The molecule has 4 heteroatoms. The predicted molar refractivity (Wildman–Crippen MR) is 41.9 cm³/mol. The molecule has 0 aliphatic rings. The Kier molecular flexibility index (Phi) is 3.10. The van der Waals surface area contributed by atoms with E-state index in [2.05, 4.69) is 9.97 Å². The van der Waals surface area contributed by atoms with E-state index < -0.39 is 5.95 Å². The van der Waals surface area contributed by atoms with Crippen LogP contribution < -0.4 is 0 Å². The number of ether oxygens (including phenoxy) is 1. The Bertz CT molecular complexity index is 235.